The molecular weight excluding hydrogens is 556 g/mol. The van der Waals surface area contributed by atoms with Gasteiger partial charge in [-0.25, -0.2) is 9.59 Å². The van der Waals surface area contributed by atoms with Gasteiger partial charge in [0.1, 0.15) is 23.3 Å². The lowest BCUT2D eigenvalue weighted by Gasteiger charge is -2.35. The summed E-state index contributed by atoms with van der Waals surface area (Å²) in [5.74, 6) is 0.224. The predicted molar refractivity (Wildman–Crippen MR) is 159 cm³/mol. The zero-order valence-electron chi connectivity index (χ0n) is 25.3. The molecule has 40 heavy (non-hydrogen) atoms. The molecule has 0 bridgehead atoms. The number of rotatable bonds is 9. The SMILES string of the molecule is CN1CCN(C(=O)[C@H](CSSC[C@H](NC(=O)OC(C)(C)C)C(=O)N2CCN(C)CC2)NC(=O)OC(C)(C)C)CC1. The molecule has 2 rings (SSSR count). The van der Waals surface area contributed by atoms with Gasteiger partial charge in [-0.2, -0.15) is 0 Å². The summed E-state index contributed by atoms with van der Waals surface area (Å²) in [6.45, 7) is 16.0. The molecule has 2 fully saturated rings. The molecule has 4 amide bonds. The zero-order valence-corrected chi connectivity index (χ0v) is 26.9. The van der Waals surface area contributed by atoms with Crippen LogP contribution in [0, 0.1) is 0 Å². The number of hydrogen-bond donors (Lipinski definition) is 2. The first-order chi connectivity index (χ1) is 18.5. The van der Waals surface area contributed by atoms with E-state index in [1.54, 1.807) is 51.3 Å². The molecule has 2 saturated heterocycles. The molecule has 2 N–H and O–H groups in total. The molecule has 0 aromatic carbocycles. The third kappa shape index (κ3) is 12.7. The first kappa shape index (κ1) is 34.3. The molecule has 12 nitrogen and oxygen atoms in total. The average Bonchev–Trinajstić information content (AvgIpc) is 2.83. The van der Waals surface area contributed by atoms with E-state index < -0.39 is 35.5 Å². The highest BCUT2D eigenvalue weighted by Crippen LogP contribution is 2.25. The van der Waals surface area contributed by atoms with Crippen LogP contribution in [0.25, 0.3) is 0 Å². The number of ether oxygens (including phenoxy) is 2. The van der Waals surface area contributed by atoms with Crippen molar-refractivity contribution < 1.29 is 28.7 Å². The Hall–Kier alpha value is -1.90. The van der Waals surface area contributed by atoms with E-state index in [9.17, 15) is 19.2 Å². The summed E-state index contributed by atoms with van der Waals surface area (Å²) in [7, 11) is 6.75. The number of nitrogens with zero attached hydrogens (tertiary/aromatic N) is 4. The van der Waals surface area contributed by atoms with E-state index >= 15 is 0 Å². The summed E-state index contributed by atoms with van der Waals surface area (Å²) in [6, 6.07) is -1.58. The molecule has 2 atom stereocenters. The van der Waals surface area contributed by atoms with Crippen LogP contribution in [0.15, 0.2) is 0 Å². The standard InChI is InChI=1S/C26H48N6O6S2/c1-25(2,3)37-23(35)27-19(21(33)31-13-9-29(7)10-14-31)17-39-40-18-20(28-24(36)38-26(4,5)6)22(34)32-15-11-30(8)12-16-32/h19-20H,9-18H2,1-8H3,(H,27,35)(H,28,36)/t19-,20-/m0/s1. The van der Waals surface area contributed by atoms with Gasteiger partial charge in [0.25, 0.3) is 0 Å². The van der Waals surface area contributed by atoms with Gasteiger partial charge < -0.3 is 39.7 Å². The number of carbonyl (C=O) groups is 4. The number of alkyl carbamates (subject to hydrolysis) is 2. The molecule has 0 aromatic rings. The lowest BCUT2D eigenvalue weighted by molar-refractivity contribution is -0.135. The lowest BCUT2D eigenvalue weighted by atomic mass is 10.2. The summed E-state index contributed by atoms with van der Waals surface area (Å²) in [5.41, 5.74) is -1.39. The summed E-state index contributed by atoms with van der Waals surface area (Å²) in [5, 5.41) is 5.47. The fourth-order valence-corrected chi connectivity index (χ4v) is 6.29. The molecule has 0 radical (unpaired) electrons. The van der Waals surface area contributed by atoms with E-state index in [1.165, 1.54) is 21.6 Å². The molecule has 0 spiro atoms. The van der Waals surface area contributed by atoms with Gasteiger partial charge in [-0.15, -0.1) is 0 Å². The number of piperazine rings is 2. The van der Waals surface area contributed by atoms with Crippen LogP contribution >= 0.6 is 21.6 Å². The molecule has 230 valence electrons. The number of hydrogen-bond acceptors (Lipinski definition) is 10. The van der Waals surface area contributed by atoms with Crippen molar-refractivity contribution in [3.05, 3.63) is 0 Å². The minimum absolute atomic E-state index is 0.163. The monoisotopic (exact) mass is 604 g/mol. The van der Waals surface area contributed by atoms with Gasteiger partial charge in [0, 0.05) is 63.9 Å². The van der Waals surface area contributed by atoms with Crippen LogP contribution in [0.3, 0.4) is 0 Å². The van der Waals surface area contributed by atoms with E-state index in [1.807, 2.05) is 14.1 Å². The molecule has 2 aliphatic rings. The Morgan fingerprint density at radius 3 is 1.20 bits per heavy atom. The van der Waals surface area contributed by atoms with Crippen LogP contribution in [-0.4, -0.2) is 145 Å². The van der Waals surface area contributed by atoms with Crippen molar-refractivity contribution in [3.63, 3.8) is 0 Å². The highest BCUT2D eigenvalue weighted by atomic mass is 33.1. The van der Waals surface area contributed by atoms with E-state index in [0.29, 0.717) is 26.2 Å². The van der Waals surface area contributed by atoms with Crippen LogP contribution < -0.4 is 10.6 Å². The summed E-state index contributed by atoms with van der Waals surface area (Å²) in [6.07, 6.45) is -1.31. The van der Waals surface area contributed by atoms with E-state index in [4.69, 9.17) is 9.47 Å². The minimum atomic E-state index is -0.790. The maximum atomic E-state index is 13.3. The second-order valence-corrected chi connectivity index (χ2v) is 14.8. The predicted octanol–water partition coefficient (Wildman–Crippen LogP) is 1.70. The summed E-state index contributed by atoms with van der Waals surface area (Å²) < 4.78 is 10.8. The largest absolute Gasteiger partial charge is 0.444 e. The summed E-state index contributed by atoms with van der Waals surface area (Å²) in [4.78, 5) is 59.5. The van der Waals surface area contributed by atoms with E-state index in [0.717, 1.165) is 26.2 Å². The van der Waals surface area contributed by atoms with Crippen LogP contribution in [-0.2, 0) is 19.1 Å². The lowest BCUT2D eigenvalue weighted by Crippen LogP contribution is -2.56. The maximum Gasteiger partial charge on any atom is 0.408 e. The van der Waals surface area contributed by atoms with Crippen LogP contribution in [0.4, 0.5) is 9.59 Å². The molecule has 14 heteroatoms. The first-order valence-corrected chi connectivity index (χ1v) is 16.2. The average molecular weight is 605 g/mol. The van der Waals surface area contributed by atoms with Gasteiger partial charge in [-0.3, -0.25) is 9.59 Å². The second-order valence-electron chi connectivity index (χ2n) is 12.2. The van der Waals surface area contributed by atoms with Crippen molar-refractivity contribution in [2.75, 3.05) is 78.0 Å². The third-order valence-corrected chi connectivity index (χ3v) is 8.58. The molecule has 0 aliphatic carbocycles. The Bertz CT molecular complexity index is 795. The van der Waals surface area contributed by atoms with Gasteiger partial charge in [0.2, 0.25) is 11.8 Å². The van der Waals surface area contributed by atoms with Gasteiger partial charge in [-0.1, -0.05) is 21.6 Å². The fourth-order valence-electron chi connectivity index (χ4n) is 3.98. The fraction of sp³-hybridized carbons (Fsp3) is 0.846. The Balaban J connectivity index is 2.03. The minimum Gasteiger partial charge on any atom is -0.444 e. The Morgan fingerprint density at radius 1 is 0.625 bits per heavy atom. The molecule has 0 unspecified atom stereocenters. The molecular formula is C26H48N6O6S2. The smallest absolute Gasteiger partial charge is 0.408 e. The maximum absolute atomic E-state index is 13.3. The normalized spacial score (nSPS) is 19.0. The van der Waals surface area contributed by atoms with Gasteiger partial charge in [-0.05, 0) is 55.6 Å². The van der Waals surface area contributed by atoms with Crippen molar-refractivity contribution in [2.45, 2.75) is 64.8 Å². The first-order valence-electron chi connectivity index (χ1n) is 13.7. The van der Waals surface area contributed by atoms with Crippen LogP contribution in [0.2, 0.25) is 0 Å². The van der Waals surface area contributed by atoms with Gasteiger partial charge in [0.15, 0.2) is 0 Å². The van der Waals surface area contributed by atoms with E-state index in [2.05, 4.69) is 20.4 Å². The summed E-state index contributed by atoms with van der Waals surface area (Å²) >= 11 is 0. The van der Waals surface area contributed by atoms with Crippen LogP contribution in [0.5, 0.6) is 0 Å². The van der Waals surface area contributed by atoms with Gasteiger partial charge >= 0.3 is 12.2 Å². The highest BCUT2D eigenvalue weighted by Gasteiger charge is 2.32. The molecule has 0 saturated carbocycles. The number of amides is 4. The zero-order chi connectivity index (χ0) is 30.1. The van der Waals surface area contributed by atoms with Crippen molar-refractivity contribution >= 4 is 45.6 Å². The highest BCUT2D eigenvalue weighted by molar-refractivity contribution is 8.76. The van der Waals surface area contributed by atoms with Crippen molar-refractivity contribution in [2.24, 2.45) is 0 Å². The Labute approximate surface area is 247 Å². The number of likely N-dealkylation sites (N-methyl/N-ethyl adjacent to an activating group) is 2. The van der Waals surface area contributed by atoms with Crippen molar-refractivity contribution in [1.82, 2.24) is 30.2 Å². The second kappa shape index (κ2) is 15.4. The van der Waals surface area contributed by atoms with Crippen LogP contribution in [0.1, 0.15) is 41.5 Å². The molecule has 2 aliphatic heterocycles. The molecule has 2 heterocycles. The number of nitrogens with one attached hydrogen (secondary N) is 2. The van der Waals surface area contributed by atoms with Gasteiger partial charge in [0.05, 0.1) is 0 Å². The number of carbonyl (C=O) groups excluding carboxylic acids is 4. The third-order valence-electron chi connectivity index (χ3n) is 6.16. The topological polar surface area (TPSA) is 124 Å². The van der Waals surface area contributed by atoms with Crippen molar-refractivity contribution in [1.29, 1.82) is 0 Å². The Morgan fingerprint density at radius 2 is 0.925 bits per heavy atom. The van der Waals surface area contributed by atoms with Crippen molar-refractivity contribution in [3.8, 4) is 0 Å². The Kier molecular flexibility index (Phi) is 13.2. The quantitative estimate of drug-likeness (QED) is 0.297. The van der Waals surface area contributed by atoms with E-state index in [-0.39, 0.29) is 23.3 Å². The molecule has 0 aromatic heterocycles.